The number of nitrogens with zero attached hydrogens (tertiary/aromatic N) is 1. The molecule has 0 radical (unpaired) electrons. The summed E-state index contributed by atoms with van der Waals surface area (Å²) in [7, 11) is 0. The molecule has 1 unspecified atom stereocenters. The van der Waals surface area contributed by atoms with E-state index in [4.69, 9.17) is 16.3 Å². The van der Waals surface area contributed by atoms with Crippen molar-refractivity contribution < 1.29 is 14.5 Å². The fourth-order valence-electron chi connectivity index (χ4n) is 1.99. The number of rotatable bonds is 3. The maximum absolute atomic E-state index is 11.3. The van der Waals surface area contributed by atoms with Gasteiger partial charge in [0, 0.05) is 25.0 Å². The van der Waals surface area contributed by atoms with E-state index < -0.39 is 4.92 Å². The highest BCUT2D eigenvalue weighted by Crippen LogP contribution is 2.30. The average molecular weight is 270 g/mol. The minimum absolute atomic E-state index is 0.0413. The molecule has 96 valence electrons. The zero-order chi connectivity index (χ0) is 13.1. The number of ether oxygens (including phenoxy) is 1. The average Bonchev–Trinajstić information content (AvgIpc) is 2.28. The molecule has 1 saturated carbocycles. The van der Waals surface area contributed by atoms with Crippen LogP contribution in [0, 0.1) is 10.1 Å². The summed E-state index contributed by atoms with van der Waals surface area (Å²) in [6, 6.07) is 4.23. The number of hydrogen-bond acceptors (Lipinski definition) is 4. The minimum Gasteiger partial charge on any atom is -0.490 e. The summed E-state index contributed by atoms with van der Waals surface area (Å²) >= 11 is 5.78. The first-order valence-corrected chi connectivity index (χ1v) is 6.06. The minimum atomic E-state index is -0.545. The first-order valence-electron chi connectivity index (χ1n) is 5.68. The highest BCUT2D eigenvalue weighted by atomic mass is 35.5. The first-order chi connectivity index (χ1) is 8.56. The van der Waals surface area contributed by atoms with Crippen LogP contribution in [0.25, 0.3) is 0 Å². The third-order valence-corrected chi connectivity index (χ3v) is 3.16. The molecule has 5 nitrogen and oxygen atoms in total. The number of carbonyl (C=O) groups excluding carboxylic acids is 1. The predicted octanol–water partition coefficient (Wildman–Crippen LogP) is 3.14. The van der Waals surface area contributed by atoms with E-state index in [1.807, 2.05) is 0 Å². The van der Waals surface area contributed by atoms with Gasteiger partial charge in [-0.1, -0.05) is 11.6 Å². The molecule has 0 N–H and O–H groups in total. The molecule has 0 bridgehead atoms. The third-order valence-electron chi connectivity index (χ3n) is 2.86. The second-order valence-corrected chi connectivity index (χ2v) is 4.65. The van der Waals surface area contributed by atoms with Crippen LogP contribution in [0.1, 0.15) is 25.7 Å². The van der Waals surface area contributed by atoms with E-state index in [0.29, 0.717) is 18.6 Å². The summed E-state index contributed by atoms with van der Waals surface area (Å²) in [6.07, 6.45) is 2.50. The van der Waals surface area contributed by atoms with Crippen LogP contribution < -0.4 is 4.74 Å². The van der Waals surface area contributed by atoms with Crippen LogP contribution in [-0.4, -0.2) is 16.8 Å². The monoisotopic (exact) mass is 269 g/mol. The Kier molecular flexibility index (Phi) is 3.81. The Hall–Kier alpha value is -1.62. The molecule has 0 saturated heterocycles. The summed E-state index contributed by atoms with van der Waals surface area (Å²) in [6.45, 7) is 0. The van der Waals surface area contributed by atoms with Gasteiger partial charge < -0.3 is 4.74 Å². The van der Waals surface area contributed by atoms with E-state index in [9.17, 15) is 14.9 Å². The van der Waals surface area contributed by atoms with Crippen LogP contribution in [0.4, 0.5) is 5.69 Å². The van der Waals surface area contributed by atoms with Crippen LogP contribution in [0.2, 0.25) is 5.02 Å². The molecule has 1 atom stereocenters. The highest BCUT2D eigenvalue weighted by molar-refractivity contribution is 6.32. The number of nitro benzene ring substituents is 1. The first kappa shape index (κ1) is 12.8. The van der Waals surface area contributed by atoms with Crippen molar-refractivity contribution in [3.05, 3.63) is 33.3 Å². The van der Waals surface area contributed by atoms with Gasteiger partial charge in [0.2, 0.25) is 0 Å². The van der Waals surface area contributed by atoms with E-state index in [-0.39, 0.29) is 22.6 Å². The fraction of sp³-hybridized carbons (Fsp3) is 0.417. The van der Waals surface area contributed by atoms with Crippen LogP contribution >= 0.6 is 11.6 Å². The van der Waals surface area contributed by atoms with Gasteiger partial charge in [-0.3, -0.25) is 14.9 Å². The van der Waals surface area contributed by atoms with Crippen molar-refractivity contribution >= 4 is 23.1 Å². The van der Waals surface area contributed by atoms with Gasteiger partial charge in [-0.2, -0.15) is 0 Å². The van der Waals surface area contributed by atoms with Crippen LogP contribution in [0.5, 0.6) is 5.75 Å². The van der Waals surface area contributed by atoms with Crippen molar-refractivity contribution in [2.75, 3.05) is 0 Å². The van der Waals surface area contributed by atoms with Gasteiger partial charge in [0.15, 0.2) is 0 Å². The lowest BCUT2D eigenvalue weighted by Crippen LogP contribution is -2.25. The van der Waals surface area contributed by atoms with E-state index in [0.717, 1.165) is 12.8 Å². The van der Waals surface area contributed by atoms with Crippen molar-refractivity contribution in [3.8, 4) is 5.75 Å². The van der Waals surface area contributed by atoms with Crippen LogP contribution in [0.15, 0.2) is 18.2 Å². The van der Waals surface area contributed by atoms with Crippen molar-refractivity contribution in [2.45, 2.75) is 31.8 Å². The molecule has 18 heavy (non-hydrogen) atoms. The summed E-state index contributed by atoms with van der Waals surface area (Å²) in [5, 5.41) is 10.6. The standard InChI is InChI=1S/C12H12ClNO4/c13-11-7-10(4-5-12(11)14(16)17)18-9-3-1-2-8(15)6-9/h4-5,7,9H,1-3,6H2. The summed E-state index contributed by atoms with van der Waals surface area (Å²) < 4.78 is 5.61. The van der Waals surface area contributed by atoms with Gasteiger partial charge in [0.1, 0.15) is 22.7 Å². The molecule has 1 fully saturated rings. The number of halogens is 1. The maximum Gasteiger partial charge on any atom is 0.288 e. The second-order valence-electron chi connectivity index (χ2n) is 4.25. The number of benzene rings is 1. The molecule has 0 spiro atoms. The van der Waals surface area contributed by atoms with Gasteiger partial charge in [0.05, 0.1) is 4.92 Å². The van der Waals surface area contributed by atoms with Gasteiger partial charge in [-0.25, -0.2) is 0 Å². The fourth-order valence-corrected chi connectivity index (χ4v) is 2.23. The Morgan fingerprint density at radius 2 is 2.22 bits per heavy atom. The van der Waals surface area contributed by atoms with Crippen molar-refractivity contribution in [1.29, 1.82) is 0 Å². The molecule has 0 aliphatic heterocycles. The molecule has 1 aromatic rings. The van der Waals surface area contributed by atoms with Gasteiger partial charge >= 0.3 is 0 Å². The Morgan fingerprint density at radius 3 is 2.83 bits per heavy atom. The molecular formula is C12H12ClNO4. The van der Waals surface area contributed by atoms with E-state index >= 15 is 0 Å². The van der Waals surface area contributed by atoms with Gasteiger partial charge in [-0.05, 0) is 18.9 Å². The Labute approximate surface area is 109 Å². The molecule has 0 heterocycles. The van der Waals surface area contributed by atoms with Gasteiger partial charge in [-0.15, -0.1) is 0 Å². The number of hydrogen-bond donors (Lipinski definition) is 0. The SMILES string of the molecule is O=C1CCCC(Oc2ccc([N+](=O)[O-])c(Cl)c2)C1. The largest absolute Gasteiger partial charge is 0.490 e. The summed E-state index contributed by atoms with van der Waals surface area (Å²) in [4.78, 5) is 21.3. The quantitative estimate of drug-likeness (QED) is 0.624. The molecule has 1 aliphatic rings. The number of ketones is 1. The van der Waals surface area contributed by atoms with E-state index in [2.05, 4.69) is 0 Å². The topological polar surface area (TPSA) is 69.4 Å². The zero-order valence-corrected chi connectivity index (χ0v) is 10.4. The molecule has 6 heteroatoms. The van der Waals surface area contributed by atoms with Crippen LogP contribution in [0.3, 0.4) is 0 Å². The lowest BCUT2D eigenvalue weighted by atomic mass is 9.96. The molecule has 2 rings (SSSR count). The van der Waals surface area contributed by atoms with E-state index in [1.165, 1.54) is 18.2 Å². The smallest absolute Gasteiger partial charge is 0.288 e. The molecule has 0 aromatic heterocycles. The van der Waals surface area contributed by atoms with Crippen molar-refractivity contribution in [3.63, 3.8) is 0 Å². The molecule has 0 amide bonds. The lowest BCUT2D eigenvalue weighted by molar-refractivity contribution is -0.384. The Morgan fingerprint density at radius 1 is 1.44 bits per heavy atom. The third kappa shape index (κ3) is 2.98. The molecular weight excluding hydrogens is 258 g/mol. The number of nitro groups is 1. The maximum atomic E-state index is 11.3. The lowest BCUT2D eigenvalue weighted by Gasteiger charge is -2.22. The highest BCUT2D eigenvalue weighted by Gasteiger charge is 2.21. The summed E-state index contributed by atoms with van der Waals surface area (Å²) in [5.74, 6) is 0.657. The zero-order valence-electron chi connectivity index (χ0n) is 9.60. The summed E-state index contributed by atoms with van der Waals surface area (Å²) in [5.41, 5.74) is -0.149. The van der Waals surface area contributed by atoms with E-state index in [1.54, 1.807) is 0 Å². The van der Waals surface area contributed by atoms with Gasteiger partial charge in [0.25, 0.3) is 5.69 Å². The normalized spacial score (nSPS) is 19.6. The Bertz CT molecular complexity index is 489. The van der Waals surface area contributed by atoms with Crippen LogP contribution in [-0.2, 0) is 4.79 Å². The molecule has 1 aromatic carbocycles. The Balaban J connectivity index is 2.08. The van der Waals surface area contributed by atoms with Crippen molar-refractivity contribution in [2.24, 2.45) is 0 Å². The molecule has 1 aliphatic carbocycles. The number of carbonyl (C=O) groups is 1. The van der Waals surface area contributed by atoms with Crippen molar-refractivity contribution in [1.82, 2.24) is 0 Å². The number of Topliss-reactive ketones (excluding diaryl/α,β-unsaturated/α-hetero) is 1. The predicted molar refractivity (Wildman–Crippen MR) is 66.0 cm³/mol. The second kappa shape index (κ2) is 5.35.